The number of para-hydroxylation sites is 2. The molecule has 9 aromatic rings. The van der Waals surface area contributed by atoms with Crippen LogP contribution < -0.4 is 0 Å². The summed E-state index contributed by atoms with van der Waals surface area (Å²) in [6.07, 6.45) is 1.82. The summed E-state index contributed by atoms with van der Waals surface area (Å²) in [4.78, 5) is 14.6. The third-order valence-electron chi connectivity index (χ3n) is 8.65. The molecule has 9 rings (SSSR count). The van der Waals surface area contributed by atoms with E-state index in [2.05, 4.69) is 131 Å². The van der Waals surface area contributed by atoms with Gasteiger partial charge in [-0.1, -0.05) is 91.0 Å². The Bertz CT molecular complexity index is 2510. The highest BCUT2D eigenvalue weighted by Gasteiger charge is 2.15. The van der Waals surface area contributed by atoms with E-state index in [1.807, 2.05) is 36.5 Å². The Morgan fingerprint density at radius 3 is 1.91 bits per heavy atom. The zero-order valence-corrected chi connectivity index (χ0v) is 24.3. The van der Waals surface area contributed by atoms with Gasteiger partial charge in [0.05, 0.1) is 27.9 Å². The Morgan fingerprint density at radius 1 is 0.444 bits per heavy atom. The second-order valence-corrected chi connectivity index (χ2v) is 11.3. The van der Waals surface area contributed by atoms with E-state index in [-0.39, 0.29) is 0 Å². The lowest BCUT2D eigenvalue weighted by Gasteiger charge is -2.12. The highest BCUT2D eigenvalue weighted by atomic mass is 15.0. The maximum absolute atomic E-state index is 5.14. The van der Waals surface area contributed by atoms with Gasteiger partial charge in [0, 0.05) is 44.7 Å². The zero-order chi connectivity index (χ0) is 29.7. The number of hydrogen-bond donors (Lipinski definition) is 0. The van der Waals surface area contributed by atoms with Gasteiger partial charge in [0.15, 0.2) is 5.82 Å². The number of benzene rings is 6. The molecular formula is C41H26N4. The van der Waals surface area contributed by atoms with Crippen LogP contribution in [-0.2, 0) is 0 Å². The summed E-state index contributed by atoms with van der Waals surface area (Å²) < 4.78 is 2.36. The SMILES string of the molecule is c1ccc(-c2ccc(-c3nc(-c4ccc(-n5c6ccccc6c6cc7ccccc7cc65)cc4)nc4ccccc34)cc2)nc1. The quantitative estimate of drug-likeness (QED) is 0.210. The fourth-order valence-electron chi connectivity index (χ4n) is 6.45. The largest absolute Gasteiger partial charge is 0.309 e. The molecule has 0 aliphatic carbocycles. The molecule has 0 atom stereocenters. The normalized spacial score (nSPS) is 11.6. The van der Waals surface area contributed by atoms with Crippen LogP contribution in [0.3, 0.4) is 0 Å². The van der Waals surface area contributed by atoms with Crippen molar-refractivity contribution in [3.8, 4) is 39.6 Å². The molecule has 0 aliphatic heterocycles. The molecule has 45 heavy (non-hydrogen) atoms. The molecule has 4 heteroatoms. The standard InChI is InChI=1S/C41H26N4/c1-2-10-31-26-39-35(25-30(31)9-1)33-11-4-6-15-38(33)45(39)32-22-20-29(21-23-32)41-43-37-14-5-3-12-34(37)40(44-41)28-18-16-27(17-19-28)36-13-7-8-24-42-36/h1-26H. The van der Waals surface area contributed by atoms with E-state index in [1.54, 1.807) is 0 Å². The van der Waals surface area contributed by atoms with Crippen molar-refractivity contribution in [2.24, 2.45) is 0 Å². The van der Waals surface area contributed by atoms with Gasteiger partial charge in [-0.2, -0.15) is 0 Å². The van der Waals surface area contributed by atoms with E-state index in [1.165, 1.54) is 32.6 Å². The first-order chi connectivity index (χ1) is 22.3. The lowest BCUT2D eigenvalue weighted by Crippen LogP contribution is -1.97. The van der Waals surface area contributed by atoms with Gasteiger partial charge in [0.2, 0.25) is 0 Å². The summed E-state index contributed by atoms with van der Waals surface area (Å²) in [5.41, 5.74) is 9.37. The second-order valence-electron chi connectivity index (χ2n) is 11.3. The topological polar surface area (TPSA) is 43.6 Å². The highest BCUT2D eigenvalue weighted by molar-refractivity contribution is 6.13. The van der Waals surface area contributed by atoms with Crippen molar-refractivity contribution >= 4 is 43.5 Å². The van der Waals surface area contributed by atoms with Crippen LogP contribution in [0.25, 0.3) is 83.1 Å². The van der Waals surface area contributed by atoms with Crippen molar-refractivity contribution in [3.63, 3.8) is 0 Å². The Labute approximate surface area is 259 Å². The molecule has 3 aromatic heterocycles. The van der Waals surface area contributed by atoms with E-state index in [9.17, 15) is 0 Å². The zero-order valence-electron chi connectivity index (χ0n) is 24.3. The first kappa shape index (κ1) is 25.4. The minimum absolute atomic E-state index is 0.706. The molecule has 0 amide bonds. The van der Waals surface area contributed by atoms with Gasteiger partial charge in [-0.05, 0) is 71.4 Å². The predicted octanol–water partition coefficient (Wildman–Crippen LogP) is 10.3. The molecule has 0 radical (unpaired) electrons. The number of pyridine rings is 1. The first-order valence-electron chi connectivity index (χ1n) is 15.1. The average Bonchev–Trinajstić information content (AvgIpc) is 3.44. The summed E-state index contributed by atoms with van der Waals surface area (Å²) in [5, 5.41) is 6.01. The molecule has 3 heterocycles. The minimum atomic E-state index is 0.706. The van der Waals surface area contributed by atoms with Crippen LogP contribution in [0, 0.1) is 0 Å². The van der Waals surface area contributed by atoms with E-state index in [0.29, 0.717) is 5.82 Å². The monoisotopic (exact) mass is 574 g/mol. The van der Waals surface area contributed by atoms with Crippen LogP contribution in [0.4, 0.5) is 0 Å². The summed E-state index contributed by atoms with van der Waals surface area (Å²) >= 11 is 0. The number of nitrogens with zero attached hydrogens (tertiary/aromatic N) is 4. The number of rotatable bonds is 4. The second kappa shape index (κ2) is 10.2. The van der Waals surface area contributed by atoms with Gasteiger partial charge in [0.25, 0.3) is 0 Å². The fraction of sp³-hybridized carbons (Fsp3) is 0. The van der Waals surface area contributed by atoms with Crippen LogP contribution in [-0.4, -0.2) is 19.5 Å². The van der Waals surface area contributed by atoms with Crippen LogP contribution in [0.5, 0.6) is 0 Å². The third-order valence-corrected chi connectivity index (χ3v) is 8.65. The summed E-state index contributed by atoms with van der Waals surface area (Å²) in [5.74, 6) is 0.706. The van der Waals surface area contributed by atoms with Crippen LogP contribution in [0.2, 0.25) is 0 Å². The number of hydrogen-bond acceptors (Lipinski definition) is 3. The summed E-state index contributed by atoms with van der Waals surface area (Å²) in [7, 11) is 0. The van der Waals surface area contributed by atoms with Crippen LogP contribution in [0.15, 0.2) is 158 Å². The van der Waals surface area contributed by atoms with Gasteiger partial charge in [-0.15, -0.1) is 0 Å². The Hall–Kier alpha value is -6.13. The van der Waals surface area contributed by atoms with Gasteiger partial charge >= 0.3 is 0 Å². The molecule has 0 bridgehead atoms. The Morgan fingerprint density at radius 2 is 1.11 bits per heavy atom. The molecule has 0 spiro atoms. The molecule has 6 aromatic carbocycles. The van der Waals surface area contributed by atoms with Crippen molar-refractivity contribution in [2.45, 2.75) is 0 Å². The molecule has 0 unspecified atom stereocenters. The molecule has 210 valence electrons. The molecule has 4 nitrogen and oxygen atoms in total. The van der Waals surface area contributed by atoms with E-state index < -0.39 is 0 Å². The third kappa shape index (κ3) is 4.27. The van der Waals surface area contributed by atoms with Gasteiger partial charge in [-0.3, -0.25) is 4.98 Å². The van der Waals surface area contributed by atoms with Gasteiger partial charge in [0.1, 0.15) is 0 Å². The van der Waals surface area contributed by atoms with Crippen molar-refractivity contribution in [1.82, 2.24) is 19.5 Å². The predicted molar refractivity (Wildman–Crippen MR) is 185 cm³/mol. The van der Waals surface area contributed by atoms with Crippen LogP contribution >= 0.6 is 0 Å². The summed E-state index contributed by atoms with van der Waals surface area (Å²) in [6.45, 7) is 0. The molecule has 0 aliphatic rings. The minimum Gasteiger partial charge on any atom is -0.309 e. The summed E-state index contributed by atoms with van der Waals surface area (Å²) in [6, 6.07) is 53.1. The van der Waals surface area contributed by atoms with E-state index in [0.717, 1.165) is 44.7 Å². The molecular weight excluding hydrogens is 548 g/mol. The molecule has 0 saturated heterocycles. The Kier molecular flexibility index (Phi) is 5.78. The van der Waals surface area contributed by atoms with Crippen molar-refractivity contribution in [2.75, 3.05) is 0 Å². The Balaban J connectivity index is 1.16. The molecule has 0 fully saturated rings. The van der Waals surface area contributed by atoms with Crippen molar-refractivity contribution in [1.29, 1.82) is 0 Å². The van der Waals surface area contributed by atoms with E-state index >= 15 is 0 Å². The fourth-order valence-corrected chi connectivity index (χ4v) is 6.45. The van der Waals surface area contributed by atoms with E-state index in [4.69, 9.17) is 9.97 Å². The van der Waals surface area contributed by atoms with Crippen molar-refractivity contribution in [3.05, 3.63) is 158 Å². The number of fused-ring (bicyclic) bond motifs is 5. The maximum atomic E-state index is 5.14. The molecule has 0 N–H and O–H groups in total. The average molecular weight is 575 g/mol. The van der Waals surface area contributed by atoms with Crippen LogP contribution in [0.1, 0.15) is 0 Å². The smallest absolute Gasteiger partial charge is 0.160 e. The lowest BCUT2D eigenvalue weighted by molar-refractivity contribution is 1.17. The first-order valence-corrected chi connectivity index (χ1v) is 15.1. The maximum Gasteiger partial charge on any atom is 0.160 e. The lowest BCUT2D eigenvalue weighted by atomic mass is 10.0. The van der Waals surface area contributed by atoms with Crippen molar-refractivity contribution < 1.29 is 0 Å². The number of aromatic nitrogens is 4. The van der Waals surface area contributed by atoms with Gasteiger partial charge in [-0.25, -0.2) is 9.97 Å². The van der Waals surface area contributed by atoms with Gasteiger partial charge < -0.3 is 4.57 Å². The highest BCUT2D eigenvalue weighted by Crippen LogP contribution is 2.36. The molecule has 0 saturated carbocycles.